The molecule has 0 fully saturated rings. The van der Waals surface area contributed by atoms with Gasteiger partial charge >= 0.3 is 0 Å². The highest BCUT2D eigenvalue weighted by Crippen LogP contribution is 2.10. The number of carbonyl (C=O) groups is 1. The summed E-state index contributed by atoms with van der Waals surface area (Å²) >= 11 is 0. The van der Waals surface area contributed by atoms with Crippen molar-refractivity contribution in [3.63, 3.8) is 0 Å². The molecule has 0 aliphatic heterocycles. The van der Waals surface area contributed by atoms with Crippen LogP contribution >= 0.6 is 0 Å². The maximum absolute atomic E-state index is 11.8. The maximum atomic E-state index is 11.8. The van der Waals surface area contributed by atoms with Gasteiger partial charge in [-0.2, -0.15) is 0 Å². The normalized spacial score (nSPS) is 10.6. The Bertz CT molecular complexity index is 315. The number of phenolic OH excluding ortho intramolecular Hbond substituents is 1. The first-order valence-electron chi connectivity index (χ1n) is 5.22. The van der Waals surface area contributed by atoms with E-state index in [2.05, 4.69) is 4.90 Å². The Balaban J connectivity index is 2.64. The third-order valence-corrected chi connectivity index (χ3v) is 2.45. The largest absolute Gasteiger partial charge is 0.508 e. The summed E-state index contributed by atoms with van der Waals surface area (Å²) < 4.78 is 0. The van der Waals surface area contributed by atoms with E-state index in [1.807, 2.05) is 13.8 Å². The summed E-state index contributed by atoms with van der Waals surface area (Å²) in [4.78, 5) is 13.8. The van der Waals surface area contributed by atoms with Crippen molar-refractivity contribution in [1.82, 2.24) is 4.90 Å². The zero-order chi connectivity index (χ0) is 11.3. The summed E-state index contributed by atoms with van der Waals surface area (Å²) in [5.41, 5.74) is 0.653. The van der Waals surface area contributed by atoms with E-state index in [9.17, 15) is 4.79 Å². The minimum Gasteiger partial charge on any atom is -0.508 e. The van der Waals surface area contributed by atoms with Crippen molar-refractivity contribution < 1.29 is 9.90 Å². The summed E-state index contributed by atoms with van der Waals surface area (Å²) in [6.45, 7) is 6.26. The molecule has 0 amide bonds. The fraction of sp³-hybridized carbons (Fsp3) is 0.417. The Morgan fingerprint density at radius 1 is 1.20 bits per heavy atom. The van der Waals surface area contributed by atoms with E-state index in [-0.39, 0.29) is 11.5 Å². The molecule has 3 heteroatoms. The topological polar surface area (TPSA) is 40.5 Å². The van der Waals surface area contributed by atoms with Crippen molar-refractivity contribution in [1.29, 1.82) is 0 Å². The number of carbonyl (C=O) groups excluding carboxylic acids is 1. The molecule has 1 rings (SSSR count). The lowest BCUT2D eigenvalue weighted by atomic mass is 10.1. The number of ketones is 1. The van der Waals surface area contributed by atoms with Gasteiger partial charge in [0.15, 0.2) is 5.78 Å². The van der Waals surface area contributed by atoms with Gasteiger partial charge in [-0.25, -0.2) is 0 Å². The Labute approximate surface area is 90.3 Å². The molecule has 1 aromatic rings. The highest BCUT2D eigenvalue weighted by molar-refractivity contribution is 5.97. The minimum atomic E-state index is 0.0960. The van der Waals surface area contributed by atoms with Crippen molar-refractivity contribution in [3.8, 4) is 5.75 Å². The zero-order valence-electron chi connectivity index (χ0n) is 9.23. The molecule has 0 saturated heterocycles. The third kappa shape index (κ3) is 3.36. The van der Waals surface area contributed by atoms with Crippen LogP contribution in [0.5, 0.6) is 5.75 Å². The van der Waals surface area contributed by atoms with Crippen molar-refractivity contribution in [2.75, 3.05) is 19.6 Å². The molecule has 0 atom stereocenters. The van der Waals surface area contributed by atoms with Crippen molar-refractivity contribution in [2.24, 2.45) is 0 Å². The average molecular weight is 207 g/mol. The van der Waals surface area contributed by atoms with Gasteiger partial charge in [-0.15, -0.1) is 0 Å². The number of likely N-dealkylation sites (N-methyl/N-ethyl adjacent to an activating group) is 1. The second-order valence-electron chi connectivity index (χ2n) is 3.43. The molecule has 0 bridgehead atoms. The van der Waals surface area contributed by atoms with Crippen LogP contribution in [0.1, 0.15) is 24.2 Å². The predicted molar refractivity (Wildman–Crippen MR) is 60.2 cm³/mol. The number of hydrogen-bond donors (Lipinski definition) is 1. The summed E-state index contributed by atoms with van der Waals surface area (Å²) in [5, 5.41) is 9.09. The fourth-order valence-corrected chi connectivity index (χ4v) is 1.39. The van der Waals surface area contributed by atoms with E-state index in [1.54, 1.807) is 12.1 Å². The van der Waals surface area contributed by atoms with E-state index < -0.39 is 0 Å². The lowest BCUT2D eigenvalue weighted by Gasteiger charge is -2.16. The molecule has 0 spiro atoms. The molecule has 15 heavy (non-hydrogen) atoms. The van der Waals surface area contributed by atoms with Crippen molar-refractivity contribution in [2.45, 2.75) is 13.8 Å². The van der Waals surface area contributed by atoms with Crippen LogP contribution in [0, 0.1) is 0 Å². The van der Waals surface area contributed by atoms with E-state index in [0.29, 0.717) is 12.1 Å². The second kappa shape index (κ2) is 5.51. The second-order valence-corrected chi connectivity index (χ2v) is 3.43. The minimum absolute atomic E-state index is 0.0960. The summed E-state index contributed by atoms with van der Waals surface area (Å²) in [6.07, 6.45) is 0. The molecular formula is C12H17NO2. The maximum Gasteiger partial charge on any atom is 0.176 e. The van der Waals surface area contributed by atoms with Gasteiger partial charge in [0.05, 0.1) is 6.54 Å². The van der Waals surface area contributed by atoms with Gasteiger partial charge < -0.3 is 5.11 Å². The Kier molecular flexibility index (Phi) is 4.31. The molecule has 0 heterocycles. The lowest BCUT2D eigenvalue weighted by molar-refractivity contribution is 0.0937. The standard InChI is InChI=1S/C12H17NO2/c1-3-13(4-2)9-12(15)10-5-7-11(14)8-6-10/h5-8,14H,3-4,9H2,1-2H3. The molecule has 0 aliphatic rings. The molecule has 0 unspecified atom stereocenters. The quantitative estimate of drug-likeness (QED) is 0.750. The SMILES string of the molecule is CCN(CC)CC(=O)c1ccc(O)cc1. The van der Waals surface area contributed by atoms with E-state index in [1.165, 1.54) is 12.1 Å². The smallest absolute Gasteiger partial charge is 0.176 e. The zero-order valence-corrected chi connectivity index (χ0v) is 9.23. The number of hydrogen-bond acceptors (Lipinski definition) is 3. The number of aromatic hydroxyl groups is 1. The van der Waals surface area contributed by atoms with Crippen LogP contribution in [-0.4, -0.2) is 35.4 Å². The molecule has 0 radical (unpaired) electrons. The van der Waals surface area contributed by atoms with Gasteiger partial charge in [0, 0.05) is 5.56 Å². The lowest BCUT2D eigenvalue weighted by Crippen LogP contribution is -2.29. The third-order valence-electron chi connectivity index (χ3n) is 2.45. The van der Waals surface area contributed by atoms with Gasteiger partial charge in [-0.1, -0.05) is 13.8 Å². The Hall–Kier alpha value is -1.35. The summed E-state index contributed by atoms with van der Waals surface area (Å²) in [6, 6.07) is 6.38. The highest BCUT2D eigenvalue weighted by Gasteiger charge is 2.09. The van der Waals surface area contributed by atoms with Crippen molar-refractivity contribution >= 4 is 5.78 Å². The first kappa shape index (κ1) is 11.7. The number of rotatable bonds is 5. The van der Waals surface area contributed by atoms with Gasteiger partial charge in [0.1, 0.15) is 5.75 Å². The van der Waals surface area contributed by atoms with E-state index in [0.717, 1.165) is 13.1 Å². The van der Waals surface area contributed by atoms with E-state index in [4.69, 9.17) is 5.11 Å². The molecule has 3 nitrogen and oxygen atoms in total. The van der Waals surface area contributed by atoms with Gasteiger partial charge in [0.25, 0.3) is 0 Å². The van der Waals surface area contributed by atoms with E-state index >= 15 is 0 Å². The van der Waals surface area contributed by atoms with Gasteiger partial charge in [-0.05, 0) is 37.4 Å². The van der Waals surface area contributed by atoms with Gasteiger partial charge in [-0.3, -0.25) is 9.69 Å². The van der Waals surface area contributed by atoms with Crippen LogP contribution in [0.25, 0.3) is 0 Å². The molecule has 0 aromatic heterocycles. The molecule has 1 N–H and O–H groups in total. The molecular weight excluding hydrogens is 190 g/mol. The molecule has 1 aromatic carbocycles. The van der Waals surface area contributed by atoms with Crippen LogP contribution in [0.2, 0.25) is 0 Å². The number of benzene rings is 1. The number of phenols is 1. The van der Waals surface area contributed by atoms with Crippen LogP contribution in [0.15, 0.2) is 24.3 Å². The summed E-state index contributed by atoms with van der Waals surface area (Å²) in [5.74, 6) is 0.285. The monoisotopic (exact) mass is 207 g/mol. The Morgan fingerprint density at radius 3 is 2.20 bits per heavy atom. The molecule has 82 valence electrons. The Morgan fingerprint density at radius 2 is 1.73 bits per heavy atom. The first-order chi connectivity index (χ1) is 7.17. The summed E-state index contributed by atoms with van der Waals surface area (Å²) in [7, 11) is 0. The molecule has 0 saturated carbocycles. The number of nitrogens with zero attached hydrogens (tertiary/aromatic N) is 1. The van der Waals surface area contributed by atoms with Crippen LogP contribution in [0.3, 0.4) is 0 Å². The number of Topliss-reactive ketones (excluding diaryl/α,β-unsaturated/α-hetero) is 1. The first-order valence-corrected chi connectivity index (χ1v) is 5.22. The predicted octanol–water partition coefficient (Wildman–Crippen LogP) is 1.92. The van der Waals surface area contributed by atoms with Crippen molar-refractivity contribution in [3.05, 3.63) is 29.8 Å². The highest BCUT2D eigenvalue weighted by atomic mass is 16.3. The van der Waals surface area contributed by atoms with Crippen LogP contribution < -0.4 is 0 Å². The van der Waals surface area contributed by atoms with Crippen LogP contribution in [-0.2, 0) is 0 Å². The van der Waals surface area contributed by atoms with Gasteiger partial charge in [0.2, 0.25) is 0 Å². The molecule has 0 aliphatic carbocycles. The van der Waals surface area contributed by atoms with Crippen LogP contribution in [0.4, 0.5) is 0 Å². The fourth-order valence-electron chi connectivity index (χ4n) is 1.39. The average Bonchev–Trinajstić information content (AvgIpc) is 2.26.